The fraction of sp³-hybridized carbons (Fsp3) is 0.417. The SMILES string of the molecule is CC(C)C(NC(=O)Cc1csc2nccn12)C(=O)O. The van der Waals surface area contributed by atoms with Crippen LogP contribution in [0, 0.1) is 5.92 Å². The first kappa shape index (κ1) is 13.5. The summed E-state index contributed by atoms with van der Waals surface area (Å²) in [7, 11) is 0. The number of fused-ring (bicyclic) bond motifs is 1. The first-order valence-electron chi connectivity index (χ1n) is 5.90. The van der Waals surface area contributed by atoms with Crippen LogP contribution in [0.15, 0.2) is 17.8 Å². The maximum absolute atomic E-state index is 11.9. The Labute approximate surface area is 114 Å². The summed E-state index contributed by atoms with van der Waals surface area (Å²) in [5.74, 6) is -1.46. The molecule has 0 aliphatic rings. The van der Waals surface area contributed by atoms with E-state index in [1.165, 1.54) is 11.3 Å². The Balaban J connectivity index is 2.05. The maximum Gasteiger partial charge on any atom is 0.326 e. The lowest BCUT2D eigenvalue weighted by Gasteiger charge is -2.17. The Bertz CT molecular complexity index is 602. The predicted octanol–water partition coefficient (Wildman–Crippen LogP) is 1.16. The number of carboxylic acid groups (broad SMARTS) is 1. The van der Waals surface area contributed by atoms with E-state index in [1.807, 2.05) is 9.78 Å². The zero-order valence-electron chi connectivity index (χ0n) is 10.7. The third-order valence-corrected chi connectivity index (χ3v) is 3.71. The average molecular weight is 281 g/mol. The zero-order valence-corrected chi connectivity index (χ0v) is 11.5. The number of amides is 1. The molecular formula is C12H15N3O3S. The van der Waals surface area contributed by atoms with Crippen molar-refractivity contribution in [2.24, 2.45) is 5.92 Å². The molecule has 19 heavy (non-hydrogen) atoms. The molecule has 0 aliphatic heterocycles. The molecular weight excluding hydrogens is 266 g/mol. The molecule has 7 heteroatoms. The third kappa shape index (κ3) is 2.93. The van der Waals surface area contributed by atoms with Crippen LogP contribution < -0.4 is 5.32 Å². The van der Waals surface area contributed by atoms with Gasteiger partial charge in [0.15, 0.2) is 4.96 Å². The number of imidazole rings is 1. The summed E-state index contributed by atoms with van der Waals surface area (Å²) in [6.45, 7) is 3.52. The fourth-order valence-corrected chi connectivity index (χ4v) is 2.65. The highest BCUT2D eigenvalue weighted by atomic mass is 32.1. The summed E-state index contributed by atoms with van der Waals surface area (Å²) in [6.07, 6.45) is 3.60. The van der Waals surface area contributed by atoms with E-state index < -0.39 is 12.0 Å². The Kier molecular flexibility index (Phi) is 3.84. The van der Waals surface area contributed by atoms with Gasteiger partial charge in [0.2, 0.25) is 5.91 Å². The first-order valence-corrected chi connectivity index (χ1v) is 6.78. The number of nitrogens with zero attached hydrogens (tertiary/aromatic N) is 2. The van der Waals surface area contributed by atoms with Crippen LogP contribution in [-0.4, -0.2) is 32.4 Å². The number of rotatable bonds is 5. The van der Waals surface area contributed by atoms with Crippen molar-refractivity contribution in [2.75, 3.05) is 0 Å². The van der Waals surface area contributed by atoms with Crippen LogP contribution in [0.1, 0.15) is 19.5 Å². The quantitative estimate of drug-likeness (QED) is 0.861. The number of thiazole rings is 1. The van der Waals surface area contributed by atoms with Crippen LogP contribution in [0.2, 0.25) is 0 Å². The number of hydrogen-bond donors (Lipinski definition) is 2. The van der Waals surface area contributed by atoms with Gasteiger partial charge in [-0.2, -0.15) is 0 Å². The molecule has 102 valence electrons. The lowest BCUT2D eigenvalue weighted by molar-refractivity contribution is -0.143. The minimum Gasteiger partial charge on any atom is -0.480 e. The Morgan fingerprint density at radius 3 is 2.89 bits per heavy atom. The van der Waals surface area contributed by atoms with Gasteiger partial charge in [-0.3, -0.25) is 9.20 Å². The first-order chi connectivity index (χ1) is 8.99. The molecule has 2 aromatic heterocycles. The summed E-state index contributed by atoms with van der Waals surface area (Å²) in [6, 6.07) is -0.857. The van der Waals surface area contributed by atoms with E-state index in [-0.39, 0.29) is 18.2 Å². The summed E-state index contributed by atoms with van der Waals surface area (Å²) in [4.78, 5) is 27.9. The molecule has 0 aliphatic carbocycles. The van der Waals surface area contributed by atoms with Gasteiger partial charge in [-0.25, -0.2) is 9.78 Å². The highest BCUT2D eigenvalue weighted by Crippen LogP contribution is 2.15. The minimum absolute atomic E-state index is 0.146. The van der Waals surface area contributed by atoms with Crippen molar-refractivity contribution >= 4 is 28.2 Å². The van der Waals surface area contributed by atoms with E-state index in [1.54, 1.807) is 26.2 Å². The van der Waals surface area contributed by atoms with Gasteiger partial charge in [-0.15, -0.1) is 11.3 Å². The number of nitrogens with one attached hydrogen (secondary N) is 1. The second-order valence-electron chi connectivity index (χ2n) is 4.61. The molecule has 2 aromatic rings. The lowest BCUT2D eigenvalue weighted by Crippen LogP contribution is -2.45. The van der Waals surface area contributed by atoms with Crippen LogP contribution in [-0.2, 0) is 16.0 Å². The van der Waals surface area contributed by atoms with Crippen LogP contribution in [0.25, 0.3) is 4.96 Å². The molecule has 0 fully saturated rings. The van der Waals surface area contributed by atoms with Gasteiger partial charge in [0.25, 0.3) is 0 Å². The molecule has 1 amide bonds. The van der Waals surface area contributed by atoms with Crippen molar-refractivity contribution in [3.8, 4) is 0 Å². The number of carboxylic acids is 1. The average Bonchev–Trinajstić information content (AvgIpc) is 2.90. The minimum atomic E-state index is -1.01. The summed E-state index contributed by atoms with van der Waals surface area (Å²) < 4.78 is 1.83. The van der Waals surface area contributed by atoms with Gasteiger partial charge in [0, 0.05) is 23.5 Å². The Morgan fingerprint density at radius 2 is 2.26 bits per heavy atom. The molecule has 2 rings (SSSR count). The topological polar surface area (TPSA) is 83.7 Å². The number of hydrogen-bond acceptors (Lipinski definition) is 4. The fourth-order valence-electron chi connectivity index (χ4n) is 1.80. The summed E-state index contributed by atoms with van der Waals surface area (Å²) in [5, 5.41) is 13.4. The van der Waals surface area contributed by atoms with E-state index in [9.17, 15) is 9.59 Å². The molecule has 1 atom stereocenters. The van der Waals surface area contributed by atoms with Crippen molar-refractivity contribution in [2.45, 2.75) is 26.3 Å². The van der Waals surface area contributed by atoms with Crippen molar-refractivity contribution in [1.82, 2.24) is 14.7 Å². The second-order valence-corrected chi connectivity index (χ2v) is 5.45. The number of carbonyl (C=O) groups is 2. The molecule has 0 bridgehead atoms. The summed E-state index contributed by atoms with van der Waals surface area (Å²) in [5.41, 5.74) is 0.808. The molecule has 1 unspecified atom stereocenters. The van der Waals surface area contributed by atoms with E-state index in [0.29, 0.717) is 0 Å². The van der Waals surface area contributed by atoms with Gasteiger partial charge < -0.3 is 10.4 Å². The molecule has 6 nitrogen and oxygen atoms in total. The second kappa shape index (κ2) is 5.40. The van der Waals surface area contributed by atoms with Crippen LogP contribution in [0.5, 0.6) is 0 Å². The standard InChI is InChI=1S/C12H15N3O3S/c1-7(2)10(11(17)18)14-9(16)5-8-6-19-12-13-3-4-15(8)12/h3-4,6-7,10H,5H2,1-2H3,(H,14,16)(H,17,18). The zero-order chi connectivity index (χ0) is 14.0. The van der Waals surface area contributed by atoms with Crippen molar-refractivity contribution < 1.29 is 14.7 Å². The van der Waals surface area contributed by atoms with Gasteiger partial charge in [-0.1, -0.05) is 13.8 Å². The van der Waals surface area contributed by atoms with Crippen LogP contribution in [0.4, 0.5) is 0 Å². The van der Waals surface area contributed by atoms with E-state index in [0.717, 1.165) is 10.7 Å². The highest BCUT2D eigenvalue weighted by Gasteiger charge is 2.23. The monoisotopic (exact) mass is 281 g/mol. The third-order valence-electron chi connectivity index (χ3n) is 2.81. The van der Waals surface area contributed by atoms with Crippen LogP contribution >= 0.6 is 11.3 Å². The molecule has 2 heterocycles. The summed E-state index contributed by atoms with van der Waals surface area (Å²) >= 11 is 1.45. The molecule has 0 saturated carbocycles. The van der Waals surface area contributed by atoms with E-state index in [2.05, 4.69) is 10.3 Å². The molecule has 0 spiro atoms. The van der Waals surface area contributed by atoms with Gasteiger partial charge in [0.1, 0.15) is 6.04 Å². The smallest absolute Gasteiger partial charge is 0.326 e. The Hall–Kier alpha value is -1.89. The maximum atomic E-state index is 11.9. The van der Waals surface area contributed by atoms with Crippen molar-refractivity contribution in [1.29, 1.82) is 0 Å². The lowest BCUT2D eigenvalue weighted by atomic mass is 10.0. The van der Waals surface area contributed by atoms with Crippen molar-refractivity contribution in [3.63, 3.8) is 0 Å². The van der Waals surface area contributed by atoms with Gasteiger partial charge in [0.05, 0.1) is 6.42 Å². The molecule has 0 aromatic carbocycles. The normalized spacial score (nSPS) is 12.8. The van der Waals surface area contributed by atoms with E-state index >= 15 is 0 Å². The number of aliphatic carboxylic acids is 1. The molecule has 2 N–H and O–H groups in total. The largest absolute Gasteiger partial charge is 0.480 e. The van der Waals surface area contributed by atoms with Gasteiger partial charge >= 0.3 is 5.97 Å². The van der Waals surface area contributed by atoms with Gasteiger partial charge in [-0.05, 0) is 5.92 Å². The van der Waals surface area contributed by atoms with Crippen molar-refractivity contribution in [3.05, 3.63) is 23.5 Å². The number of aromatic nitrogens is 2. The van der Waals surface area contributed by atoms with E-state index in [4.69, 9.17) is 5.11 Å². The Morgan fingerprint density at radius 1 is 1.53 bits per heavy atom. The van der Waals surface area contributed by atoms with Crippen LogP contribution in [0.3, 0.4) is 0 Å². The highest BCUT2D eigenvalue weighted by molar-refractivity contribution is 7.15. The predicted molar refractivity (Wildman–Crippen MR) is 71.2 cm³/mol. The number of carbonyl (C=O) groups excluding carboxylic acids is 1. The molecule has 0 radical (unpaired) electrons. The molecule has 0 saturated heterocycles.